The molecule has 0 bridgehead atoms. The third-order valence-corrected chi connectivity index (χ3v) is 7.74. The van der Waals surface area contributed by atoms with Gasteiger partial charge in [-0.1, -0.05) is 69.8 Å². The highest BCUT2D eigenvalue weighted by Crippen LogP contribution is 2.51. The van der Waals surface area contributed by atoms with Gasteiger partial charge < -0.3 is 9.47 Å². The molecule has 38 heavy (non-hydrogen) atoms. The van der Waals surface area contributed by atoms with Crippen molar-refractivity contribution in [1.82, 2.24) is 9.55 Å². The fourth-order valence-electron chi connectivity index (χ4n) is 6.16. The van der Waals surface area contributed by atoms with Gasteiger partial charge in [-0.15, -0.1) is 0 Å². The first-order valence-electron chi connectivity index (χ1n) is 12.6. The minimum atomic E-state index is -0.782. The molecule has 0 N–H and O–H groups in total. The van der Waals surface area contributed by atoms with Gasteiger partial charge in [-0.25, -0.2) is 4.98 Å². The Hall–Kier alpha value is -5.23. The molecule has 0 radical (unpaired) electrons. The lowest BCUT2D eigenvalue weighted by molar-refractivity contribution is -0.984. The lowest BCUT2D eigenvalue weighted by Gasteiger charge is -2.31. The van der Waals surface area contributed by atoms with Crippen LogP contribution < -0.4 is 18.6 Å². The summed E-state index contributed by atoms with van der Waals surface area (Å²) < 4.78 is 19.5. The Morgan fingerprint density at radius 3 is 2.16 bits per heavy atom. The highest BCUT2D eigenvalue weighted by molar-refractivity contribution is 5.70. The molecule has 6 aromatic rings. The maximum Gasteiger partial charge on any atom is 0.495 e. The molecule has 3 aliphatic rings. The molecule has 1 spiro atoms. The average Bonchev–Trinajstić information content (AvgIpc) is 3.53. The van der Waals surface area contributed by atoms with Gasteiger partial charge in [-0.05, 0) is 35.4 Å². The molecular weight excluding hydrogens is 472 g/mol. The standard InChI is InChI=1S/C32H20N4O2/c1-2-8-21(9-3-1)22-15-17-23(18-16-22)24-20-35-31(33-24)25-10-6-14-29-36(25)32(35)30-26(11-7-12-27(30)38-29)37-28-13-4-5-19-34(28)32/h1-20H/q+2. The van der Waals surface area contributed by atoms with Gasteiger partial charge in [0, 0.05) is 23.9 Å². The van der Waals surface area contributed by atoms with Gasteiger partial charge in [0.05, 0.1) is 17.8 Å². The van der Waals surface area contributed by atoms with Crippen LogP contribution in [0.3, 0.4) is 0 Å². The highest BCUT2D eigenvalue weighted by Gasteiger charge is 2.71. The van der Waals surface area contributed by atoms with Crippen LogP contribution in [0.1, 0.15) is 5.56 Å². The Bertz CT molecular complexity index is 1910. The number of imidazole rings is 1. The number of hydrogen-bond acceptors (Lipinski definition) is 3. The smallest absolute Gasteiger partial charge is 0.404 e. The van der Waals surface area contributed by atoms with Gasteiger partial charge in [0.2, 0.25) is 11.4 Å². The Morgan fingerprint density at radius 1 is 0.632 bits per heavy atom. The van der Waals surface area contributed by atoms with Crippen molar-refractivity contribution >= 4 is 0 Å². The van der Waals surface area contributed by atoms with Gasteiger partial charge in [0.25, 0.3) is 5.69 Å². The zero-order valence-corrected chi connectivity index (χ0v) is 20.2. The molecule has 0 saturated heterocycles. The summed E-state index contributed by atoms with van der Waals surface area (Å²) in [6.07, 6.45) is 4.22. The topological polar surface area (TPSA) is 44.0 Å². The number of rotatable bonds is 2. The lowest BCUT2D eigenvalue weighted by atomic mass is 10.00. The van der Waals surface area contributed by atoms with Crippen molar-refractivity contribution in [1.29, 1.82) is 0 Å². The van der Waals surface area contributed by atoms with E-state index in [4.69, 9.17) is 14.5 Å². The molecule has 0 fully saturated rings. The zero-order valence-electron chi connectivity index (χ0n) is 20.2. The number of fused-ring (bicyclic) bond motifs is 3. The van der Waals surface area contributed by atoms with Crippen molar-refractivity contribution in [2.45, 2.75) is 5.79 Å². The summed E-state index contributed by atoms with van der Waals surface area (Å²) in [6, 6.07) is 37.2. The first-order valence-corrected chi connectivity index (χ1v) is 12.6. The second-order valence-corrected chi connectivity index (χ2v) is 9.73. The van der Waals surface area contributed by atoms with Crippen molar-refractivity contribution < 1.29 is 18.6 Å². The van der Waals surface area contributed by atoms with E-state index < -0.39 is 5.79 Å². The van der Waals surface area contributed by atoms with Gasteiger partial charge in [0.1, 0.15) is 0 Å². The predicted octanol–water partition coefficient (Wildman–Crippen LogP) is 5.74. The minimum absolute atomic E-state index is 0.752. The van der Waals surface area contributed by atoms with Crippen molar-refractivity contribution in [3.8, 4) is 57.2 Å². The van der Waals surface area contributed by atoms with E-state index in [1.165, 1.54) is 11.1 Å². The molecule has 0 amide bonds. The fraction of sp³-hybridized carbons (Fsp3) is 0.0312. The van der Waals surface area contributed by atoms with Crippen molar-refractivity contribution in [2.75, 3.05) is 0 Å². The fourth-order valence-corrected chi connectivity index (χ4v) is 6.16. The summed E-state index contributed by atoms with van der Waals surface area (Å²) in [5.74, 6) is 3.16. The lowest BCUT2D eigenvalue weighted by Crippen LogP contribution is -2.77. The van der Waals surface area contributed by atoms with Crippen LogP contribution in [0, 0.1) is 0 Å². The summed E-state index contributed by atoms with van der Waals surface area (Å²) in [7, 11) is 0. The molecule has 9 rings (SSSR count). The van der Waals surface area contributed by atoms with E-state index in [9.17, 15) is 0 Å². The largest absolute Gasteiger partial charge is 0.495 e. The van der Waals surface area contributed by atoms with Crippen LogP contribution in [0.15, 0.2) is 122 Å². The SMILES string of the molecule is c1ccc(-c2ccc(-c3cn4c(n3)-c3cccc5[n+]3C43c4c(cccc4O5)Oc4cccc[n+]43)cc2)cc1. The van der Waals surface area contributed by atoms with Crippen LogP contribution in [0.4, 0.5) is 0 Å². The average molecular weight is 493 g/mol. The Labute approximate surface area is 218 Å². The molecule has 3 aromatic carbocycles. The van der Waals surface area contributed by atoms with Gasteiger partial charge in [-0.2, -0.15) is 4.57 Å². The summed E-state index contributed by atoms with van der Waals surface area (Å²) >= 11 is 0. The van der Waals surface area contributed by atoms with Gasteiger partial charge in [0.15, 0.2) is 17.7 Å². The van der Waals surface area contributed by atoms with Crippen LogP contribution in [-0.4, -0.2) is 9.55 Å². The van der Waals surface area contributed by atoms with Crippen molar-refractivity contribution in [3.63, 3.8) is 0 Å². The van der Waals surface area contributed by atoms with E-state index in [1.54, 1.807) is 0 Å². The van der Waals surface area contributed by atoms with Crippen LogP contribution >= 0.6 is 0 Å². The van der Waals surface area contributed by atoms with Gasteiger partial charge >= 0.3 is 17.5 Å². The molecule has 6 nitrogen and oxygen atoms in total. The van der Waals surface area contributed by atoms with Crippen LogP contribution in [0.2, 0.25) is 0 Å². The normalized spacial score (nSPS) is 16.9. The quantitative estimate of drug-likeness (QED) is 0.289. The molecule has 0 saturated carbocycles. The molecule has 0 aliphatic carbocycles. The molecule has 1 unspecified atom stereocenters. The van der Waals surface area contributed by atoms with Crippen molar-refractivity contribution in [2.24, 2.45) is 0 Å². The monoisotopic (exact) mass is 492 g/mol. The van der Waals surface area contributed by atoms with Crippen LogP contribution in [0.25, 0.3) is 33.9 Å². The highest BCUT2D eigenvalue weighted by atomic mass is 16.5. The molecule has 6 heteroatoms. The molecule has 6 heterocycles. The Balaban J connectivity index is 1.31. The minimum Gasteiger partial charge on any atom is -0.404 e. The summed E-state index contributed by atoms with van der Waals surface area (Å²) in [5, 5.41) is 0. The Morgan fingerprint density at radius 2 is 1.32 bits per heavy atom. The van der Waals surface area contributed by atoms with E-state index >= 15 is 0 Å². The number of pyridine rings is 2. The number of hydrogen-bond donors (Lipinski definition) is 0. The third-order valence-electron chi connectivity index (χ3n) is 7.74. The van der Waals surface area contributed by atoms with Crippen LogP contribution in [0.5, 0.6) is 23.3 Å². The van der Waals surface area contributed by atoms with E-state index in [2.05, 4.69) is 80.7 Å². The number of benzene rings is 3. The second-order valence-electron chi connectivity index (χ2n) is 9.73. The predicted molar refractivity (Wildman–Crippen MR) is 140 cm³/mol. The molecule has 178 valence electrons. The van der Waals surface area contributed by atoms with E-state index in [1.807, 2.05) is 54.6 Å². The summed E-state index contributed by atoms with van der Waals surface area (Å²) in [5.41, 5.74) is 6.30. The third kappa shape index (κ3) is 2.35. The van der Waals surface area contributed by atoms with Gasteiger partial charge in [-0.3, -0.25) is 0 Å². The number of ether oxygens (including phenoxy) is 2. The zero-order chi connectivity index (χ0) is 24.8. The first kappa shape index (κ1) is 19.9. The van der Waals surface area contributed by atoms with Crippen molar-refractivity contribution in [3.05, 3.63) is 127 Å². The number of aromatic nitrogens is 4. The first-order chi connectivity index (χ1) is 18.8. The summed E-state index contributed by atoms with van der Waals surface area (Å²) in [6.45, 7) is 0. The maximum atomic E-state index is 6.42. The Kier molecular flexibility index (Phi) is 3.64. The molecule has 1 atom stereocenters. The summed E-state index contributed by atoms with van der Waals surface area (Å²) in [4.78, 5) is 5.20. The van der Waals surface area contributed by atoms with Crippen LogP contribution in [-0.2, 0) is 5.79 Å². The molecule has 3 aliphatic heterocycles. The van der Waals surface area contributed by atoms with E-state index in [0.717, 1.165) is 51.6 Å². The van der Waals surface area contributed by atoms with E-state index in [-0.39, 0.29) is 0 Å². The molecular formula is C32H20N4O2+2. The number of nitrogens with zero attached hydrogens (tertiary/aromatic N) is 4. The second kappa shape index (κ2) is 6.95. The maximum absolute atomic E-state index is 6.42. The molecule has 3 aromatic heterocycles. The van der Waals surface area contributed by atoms with E-state index in [0.29, 0.717) is 0 Å².